The molecular formula is C65H53N. The van der Waals surface area contributed by atoms with Crippen LogP contribution in [0.1, 0.15) is 68.2 Å². The molecule has 4 saturated carbocycles. The average molecular weight is 848 g/mol. The van der Waals surface area contributed by atoms with Crippen molar-refractivity contribution in [3.05, 3.63) is 222 Å². The van der Waals surface area contributed by atoms with E-state index in [1.807, 2.05) is 0 Å². The summed E-state index contributed by atoms with van der Waals surface area (Å²) in [5.41, 5.74) is 22.7. The molecular weight excluding hydrogens is 795 g/mol. The Morgan fingerprint density at radius 3 is 1.58 bits per heavy atom. The van der Waals surface area contributed by atoms with Crippen molar-refractivity contribution in [3.8, 4) is 55.6 Å². The van der Waals surface area contributed by atoms with Crippen LogP contribution in [0, 0.1) is 23.7 Å². The first-order valence-electron chi connectivity index (χ1n) is 24.5. The molecule has 4 bridgehead atoms. The van der Waals surface area contributed by atoms with Crippen molar-refractivity contribution in [1.82, 2.24) is 0 Å². The Morgan fingerprint density at radius 2 is 0.879 bits per heavy atom. The number of fused-ring (bicyclic) bond motifs is 7. The van der Waals surface area contributed by atoms with Crippen LogP contribution in [0.3, 0.4) is 0 Å². The van der Waals surface area contributed by atoms with E-state index in [0.29, 0.717) is 11.8 Å². The van der Waals surface area contributed by atoms with Crippen molar-refractivity contribution in [2.45, 2.75) is 56.8 Å². The predicted molar refractivity (Wildman–Crippen MR) is 276 cm³/mol. The molecule has 6 aliphatic rings. The summed E-state index contributed by atoms with van der Waals surface area (Å²) in [5, 5.41) is 2.55. The highest BCUT2D eigenvalue weighted by Gasteiger charge is 2.61. The van der Waals surface area contributed by atoms with E-state index in [4.69, 9.17) is 0 Å². The second-order valence-corrected chi connectivity index (χ2v) is 20.8. The summed E-state index contributed by atoms with van der Waals surface area (Å²) in [6.45, 7) is 4.83. The van der Waals surface area contributed by atoms with Gasteiger partial charge in [-0.2, -0.15) is 0 Å². The maximum atomic E-state index is 2.66. The first-order valence-corrected chi connectivity index (χ1v) is 24.5. The van der Waals surface area contributed by atoms with Crippen LogP contribution in [-0.2, 0) is 10.8 Å². The predicted octanol–water partition coefficient (Wildman–Crippen LogP) is 17.3. The third kappa shape index (κ3) is 5.35. The lowest BCUT2D eigenvalue weighted by atomic mass is 9.43. The van der Waals surface area contributed by atoms with Gasteiger partial charge in [0, 0.05) is 27.8 Å². The zero-order valence-electron chi connectivity index (χ0n) is 37.8. The molecule has 0 N–H and O–H groups in total. The highest BCUT2D eigenvalue weighted by Crippen LogP contribution is 2.70. The van der Waals surface area contributed by atoms with Crippen molar-refractivity contribution in [3.63, 3.8) is 0 Å². The Balaban J connectivity index is 0.976. The van der Waals surface area contributed by atoms with Crippen molar-refractivity contribution in [2.24, 2.45) is 23.7 Å². The summed E-state index contributed by atoms with van der Waals surface area (Å²) >= 11 is 0. The maximum Gasteiger partial charge on any atom is 0.0540 e. The maximum absolute atomic E-state index is 2.66. The number of benzene rings is 9. The summed E-state index contributed by atoms with van der Waals surface area (Å²) in [5.74, 6) is 3.19. The minimum atomic E-state index is -0.148. The first kappa shape index (κ1) is 38.3. The van der Waals surface area contributed by atoms with Crippen LogP contribution < -0.4 is 4.90 Å². The zero-order chi connectivity index (χ0) is 43.7. The molecule has 66 heavy (non-hydrogen) atoms. The second kappa shape index (κ2) is 14.3. The van der Waals surface area contributed by atoms with E-state index in [0.717, 1.165) is 11.8 Å². The molecule has 1 spiro atoms. The van der Waals surface area contributed by atoms with Gasteiger partial charge in [0.2, 0.25) is 0 Å². The van der Waals surface area contributed by atoms with Crippen molar-refractivity contribution in [2.75, 3.05) is 4.90 Å². The Labute approximate surface area is 389 Å². The molecule has 1 heteroatoms. The third-order valence-corrected chi connectivity index (χ3v) is 17.2. The van der Waals surface area contributed by atoms with Gasteiger partial charge >= 0.3 is 0 Å². The molecule has 0 unspecified atom stereocenters. The van der Waals surface area contributed by atoms with Gasteiger partial charge in [0.25, 0.3) is 0 Å². The Hall–Kier alpha value is -6.96. The Kier molecular flexibility index (Phi) is 8.29. The molecule has 6 aliphatic carbocycles. The van der Waals surface area contributed by atoms with Gasteiger partial charge in [-0.25, -0.2) is 0 Å². The van der Waals surface area contributed by atoms with Crippen LogP contribution in [0.2, 0.25) is 0 Å². The molecule has 1 nitrogen and oxygen atoms in total. The van der Waals surface area contributed by atoms with Crippen LogP contribution in [0.4, 0.5) is 17.1 Å². The quantitative estimate of drug-likeness (QED) is 0.161. The fourth-order valence-electron chi connectivity index (χ4n) is 14.9. The minimum absolute atomic E-state index is 0.0747. The van der Waals surface area contributed by atoms with E-state index in [1.165, 1.54) is 127 Å². The fraction of sp³-hybridized carbons (Fsp3) is 0.200. The molecule has 9 aromatic carbocycles. The van der Waals surface area contributed by atoms with E-state index in [9.17, 15) is 0 Å². The number of hydrogen-bond acceptors (Lipinski definition) is 1. The number of rotatable bonds is 6. The van der Waals surface area contributed by atoms with E-state index in [1.54, 1.807) is 11.1 Å². The highest BCUT2D eigenvalue weighted by atomic mass is 15.1. The van der Waals surface area contributed by atoms with Crippen molar-refractivity contribution < 1.29 is 0 Å². The van der Waals surface area contributed by atoms with Crippen molar-refractivity contribution in [1.29, 1.82) is 0 Å². The molecule has 318 valence electrons. The standard InChI is InChI=1S/C65H53N/c1-64(2)58-26-9-6-20-53(58)56-24-14-25-57(63(56)64)55-21-8-11-28-61(55)66(48-31-29-44(30-32-48)51-23-13-18-45-17-12-22-50(62(45)51)43-15-4-3-5-16-43)49-33-34-54-52-19-7-10-27-59(52)65(60(54)40-49)46-36-41-35-42(38-46)39-47(65)37-41/h3-34,40-42,46-47H,35-39H2,1-2H3. The molecule has 9 aromatic rings. The summed E-state index contributed by atoms with van der Waals surface area (Å²) in [7, 11) is 0. The largest absolute Gasteiger partial charge is 0.310 e. The molecule has 0 atom stereocenters. The summed E-state index contributed by atoms with van der Waals surface area (Å²) in [6.07, 6.45) is 6.94. The van der Waals surface area contributed by atoms with Crippen LogP contribution >= 0.6 is 0 Å². The second-order valence-electron chi connectivity index (χ2n) is 20.8. The monoisotopic (exact) mass is 847 g/mol. The normalized spacial score (nSPS) is 22.3. The SMILES string of the molecule is CC1(C)c2ccccc2-c2cccc(-c3ccccc3N(c3ccc(-c4cccc5cccc(-c6ccccc6)c45)cc3)c3ccc4c(c3)C3(c5ccccc5-4)C4CC5CC(C4)CC3C5)c21. The third-order valence-electron chi connectivity index (χ3n) is 17.2. The number of hydrogen-bond donors (Lipinski definition) is 0. The molecule has 0 aromatic heterocycles. The number of nitrogens with zero attached hydrogens (tertiary/aromatic N) is 1. The number of anilines is 3. The molecule has 15 rings (SSSR count). The molecule has 4 fully saturated rings. The van der Waals surface area contributed by atoms with Crippen LogP contribution in [0.5, 0.6) is 0 Å². The molecule has 0 radical (unpaired) electrons. The summed E-state index contributed by atoms with van der Waals surface area (Å²) in [6, 6.07) is 76.2. The van der Waals surface area contributed by atoms with E-state index < -0.39 is 0 Å². The summed E-state index contributed by atoms with van der Waals surface area (Å²) < 4.78 is 0. The smallest absolute Gasteiger partial charge is 0.0540 e. The Morgan fingerprint density at radius 1 is 0.379 bits per heavy atom. The molecule has 0 heterocycles. The lowest BCUT2D eigenvalue weighted by molar-refractivity contribution is -0.0399. The van der Waals surface area contributed by atoms with Crippen LogP contribution in [0.25, 0.3) is 66.4 Å². The molecule has 0 amide bonds. The first-order chi connectivity index (χ1) is 32.5. The van der Waals surface area contributed by atoms with Gasteiger partial charge in [-0.3, -0.25) is 0 Å². The Bertz CT molecular complexity index is 3370. The highest BCUT2D eigenvalue weighted by molar-refractivity contribution is 6.06. The van der Waals surface area contributed by atoms with Gasteiger partial charge in [0.15, 0.2) is 0 Å². The molecule has 0 saturated heterocycles. The van der Waals surface area contributed by atoms with Gasteiger partial charge in [0.1, 0.15) is 0 Å². The minimum Gasteiger partial charge on any atom is -0.310 e. The van der Waals surface area contributed by atoms with E-state index >= 15 is 0 Å². The van der Waals surface area contributed by atoms with Crippen LogP contribution in [-0.4, -0.2) is 0 Å². The topological polar surface area (TPSA) is 3.24 Å². The van der Waals surface area contributed by atoms with E-state index in [-0.39, 0.29) is 10.8 Å². The fourth-order valence-corrected chi connectivity index (χ4v) is 14.9. The number of para-hydroxylation sites is 1. The lowest BCUT2D eigenvalue weighted by Gasteiger charge is -2.61. The average Bonchev–Trinajstić information content (AvgIpc) is 3.78. The van der Waals surface area contributed by atoms with Gasteiger partial charge in [-0.05, 0) is 169 Å². The van der Waals surface area contributed by atoms with E-state index in [2.05, 4.69) is 219 Å². The molecule has 0 aliphatic heterocycles. The van der Waals surface area contributed by atoms with Crippen molar-refractivity contribution >= 4 is 27.8 Å². The van der Waals surface area contributed by atoms with Gasteiger partial charge < -0.3 is 4.90 Å². The van der Waals surface area contributed by atoms with Gasteiger partial charge in [-0.1, -0.05) is 184 Å². The van der Waals surface area contributed by atoms with Gasteiger partial charge in [-0.15, -0.1) is 0 Å². The lowest BCUT2D eigenvalue weighted by Crippen LogP contribution is -2.55. The zero-order valence-corrected chi connectivity index (χ0v) is 37.8. The van der Waals surface area contributed by atoms with Gasteiger partial charge in [0.05, 0.1) is 5.69 Å². The van der Waals surface area contributed by atoms with Crippen LogP contribution in [0.15, 0.2) is 200 Å². The summed E-state index contributed by atoms with van der Waals surface area (Å²) in [4.78, 5) is 2.60.